The molecule has 6 heteroatoms. The summed E-state index contributed by atoms with van der Waals surface area (Å²) in [4.78, 5) is 8.39. The molecule has 0 amide bonds. The van der Waals surface area contributed by atoms with Gasteiger partial charge in [0.25, 0.3) is 0 Å². The van der Waals surface area contributed by atoms with Gasteiger partial charge in [0.2, 0.25) is 0 Å². The number of aryl methyl sites for hydroxylation is 2. The van der Waals surface area contributed by atoms with Crippen molar-refractivity contribution in [2.45, 2.75) is 13.0 Å². The Balaban J connectivity index is 1.71. The van der Waals surface area contributed by atoms with E-state index in [2.05, 4.69) is 20.4 Å². The molecule has 0 radical (unpaired) electrons. The second kappa shape index (κ2) is 4.89. The first-order chi connectivity index (χ1) is 7.75. The first-order valence-corrected chi connectivity index (χ1v) is 5.27. The monoisotopic (exact) mass is 220 g/mol. The van der Waals surface area contributed by atoms with Gasteiger partial charge in [0.15, 0.2) is 5.82 Å². The number of hydrogen-bond donors (Lipinski definition) is 1. The third kappa shape index (κ3) is 2.66. The van der Waals surface area contributed by atoms with Crippen LogP contribution in [0.5, 0.6) is 0 Å². The van der Waals surface area contributed by atoms with E-state index in [1.165, 1.54) is 0 Å². The van der Waals surface area contributed by atoms with Gasteiger partial charge in [0.05, 0.1) is 6.54 Å². The number of imidazole rings is 1. The molecule has 1 N–H and O–H groups in total. The topological polar surface area (TPSA) is 60.6 Å². The Kier molecular flexibility index (Phi) is 3.31. The summed E-state index contributed by atoms with van der Waals surface area (Å²) in [5, 5.41) is 7.52. The van der Waals surface area contributed by atoms with Gasteiger partial charge in [-0.1, -0.05) is 0 Å². The van der Waals surface area contributed by atoms with Crippen molar-refractivity contribution in [2.75, 3.05) is 6.54 Å². The molecule has 0 fully saturated rings. The highest BCUT2D eigenvalue weighted by Gasteiger charge is 2.00. The minimum Gasteiger partial charge on any atom is -0.337 e. The predicted molar refractivity (Wildman–Crippen MR) is 59.6 cm³/mol. The Morgan fingerprint density at radius 2 is 2.19 bits per heavy atom. The van der Waals surface area contributed by atoms with E-state index in [0.29, 0.717) is 0 Å². The molecule has 2 aromatic heterocycles. The minimum absolute atomic E-state index is 0.774. The lowest BCUT2D eigenvalue weighted by Crippen LogP contribution is -2.19. The third-order valence-electron chi connectivity index (χ3n) is 2.38. The van der Waals surface area contributed by atoms with Crippen LogP contribution in [0.2, 0.25) is 0 Å². The van der Waals surface area contributed by atoms with Crippen molar-refractivity contribution in [3.8, 4) is 0 Å². The molecular weight excluding hydrogens is 204 g/mol. The maximum absolute atomic E-state index is 4.23. The standard InChI is InChI=1S/C10H16N6/c1-15-6-5-12-10(15)7-11-4-3-9-13-8-16(2)14-9/h5-6,8,11H,3-4,7H2,1-2H3. The van der Waals surface area contributed by atoms with Crippen LogP contribution in [0.1, 0.15) is 11.6 Å². The van der Waals surface area contributed by atoms with Crippen molar-refractivity contribution in [1.82, 2.24) is 29.6 Å². The summed E-state index contributed by atoms with van der Waals surface area (Å²) in [6.45, 7) is 1.63. The van der Waals surface area contributed by atoms with E-state index in [-0.39, 0.29) is 0 Å². The number of hydrogen-bond acceptors (Lipinski definition) is 4. The van der Waals surface area contributed by atoms with E-state index in [1.54, 1.807) is 17.2 Å². The van der Waals surface area contributed by atoms with Crippen LogP contribution >= 0.6 is 0 Å². The average molecular weight is 220 g/mol. The van der Waals surface area contributed by atoms with Crippen molar-refractivity contribution in [2.24, 2.45) is 14.1 Å². The van der Waals surface area contributed by atoms with Crippen LogP contribution in [0.4, 0.5) is 0 Å². The van der Waals surface area contributed by atoms with Crippen LogP contribution in [-0.4, -0.2) is 30.9 Å². The maximum atomic E-state index is 4.23. The molecule has 0 aliphatic carbocycles. The molecule has 2 aromatic rings. The maximum Gasteiger partial charge on any atom is 0.151 e. The highest BCUT2D eigenvalue weighted by atomic mass is 15.3. The summed E-state index contributed by atoms with van der Waals surface area (Å²) in [7, 11) is 3.86. The molecule has 0 aliphatic rings. The minimum atomic E-state index is 0.774. The molecule has 0 spiro atoms. The molecule has 0 saturated heterocycles. The lowest BCUT2D eigenvalue weighted by molar-refractivity contribution is 0.624. The predicted octanol–water partition coefficient (Wildman–Crippen LogP) is -0.119. The zero-order valence-electron chi connectivity index (χ0n) is 9.59. The van der Waals surface area contributed by atoms with Crippen LogP contribution in [-0.2, 0) is 27.1 Å². The van der Waals surface area contributed by atoms with Crippen LogP contribution in [0.3, 0.4) is 0 Å². The second-order valence-electron chi connectivity index (χ2n) is 3.72. The smallest absolute Gasteiger partial charge is 0.151 e. The Hall–Kier alpha value is -1.69. The summed E-state index contributed by atoms with van der Waals surface area (Å²) in [6.07, 6.45) is 6.30. The van der Waals surface area contributed by atoms with E-state index in [4.69, 9.17) is 0 Å². The van der Waals surface area contributed by atoms with E-state index in [0.717, 1.165) is 31.2 Å². The fourth-order valence-corrected chi connectivity index (χ4v) is 1.47. The molecule has 86 valence electrons. The zero-order valence-corrected chi connectivity index (χ0v) is 9.59. The van der Waals surface area contributed by atoms with Crippen LogP contribution in [0, 0.1) is 0 Å². The molecule has 0 unspecified atom stereocenters. The molecule has 16 heavy (non-hydrogen) atoms. The van der Waals surface area contributed by atoms with Crippen molar-refractivity contribution in [3.63, 3.8) is 0 Å². The van der Waals surface area contributed by atoms with Crippen LogP contribution in [0.25, 0.3) is 0 Å². The highest BCUT2D eigenvalue weighted by Crippen LogP contribution is 1.93. The van der Waals surface area contributed by atoms with Gasteiger partial charge in [-0.3, -0.25) is 4.68 Å². The Bertz CT molecular complexity index is 444. The summed E-state index contributed by atoms with van der Waals surface area (Å²) < 4.78 is 3.72. The van der Waals surface area contributed by atoms with Gasteiger partial charge in [-0.2, -0.15) is 5.10 Å². The van der Waals surface area contributed by atoms with Crippen molar-refractivity contribution < 1.29 is 0 Å². The van der Waals surface area contributed by atoms with E-state index in [9.17, 15) is 0 Å². The SMILES string of the molecule is Cn1cnc(CCNCc2nccn2C)n1. The first-order valence-electron chi connectivity index (χ1n) is 5.27. The normalized spacial score (nSPS) is 10.9. The summed E-state index contributed by atoms with van der Waals surface area (Å²) in [6, 6.07) is 0. The number of nitrogens with zero attached hydrogens (tertiary/aromatic N) is 5. The van der Waals surface area contributed by atoms with Gasteiger partial charge < -0.3 is 9.88 Å². The van der Waals surface area contributed by atoms with Gasteiger partial charge in [-0.05, 0) is 0 Å². The van der Waals surface area contributed by atoms with E-state index in [1.807, 2.05) is 24.9 Å². The van der Waals surface area contributed by atoms with Gasteiger partial charge in [0.1, 0.15) is 12.2 Å². The van der Waals surface area contributed by atoms with Gasteiger partial charge in [-0.25, -0.2) is 9.97 Å². The molecule has 0 saturated carbocycles. The number of nitrogens with one attached hydrogen (secondary N) is 1. The summed E-state index contributed by atoms with van der Waals surface area (Å²) in [5.41, 5.74) is 0. The Morgan fingerprint density at radius 3 is 2.81 bits per heavy atom. The molecule has 0 atom stereocenters. The summed E-state index contributed by atoms with van der Waals surface area (Å²) >= 11 is 0. The van der Waals surface area contributed by atoms with E-state index >= 15 is 0 Å². The number of rotatable bonds is 5. The van der Waals surface area contributed by atoms with Gasteiger partial charge in [-0.15, -0.1) is 0 Å². The Morgan fingerprint density at radius 1 is 1.31 bits per heavy atom. The molecule has 0 aliphatic heterocycles. The highest BCUT2D eigenvalue weighted by molar-refractivity contribution is 4.90. The number of aromatic nitrogens is 5. The molecule has 0 aromatic carbocycles. The quantitative estimate of drug-likeness (QED) is 0.714. The molecule has 0 bridgehead atoms. The molecule has 2 heterocycles. The third-order valence-corrected chi connectivity index (χ3v) is 2.38. The lowest BCUT2D eigenvalue weighted by Gasteiger charge is -2.03. The van der Waals surface area contributed by atoms with Crippen LogP contribution < -0.4 is 5.32 Å². The molecular formula is C10H16N6. The summed E-state index contributed by atoms with van der Waals surface area (Å²) in [5.74, 6) is 1.91. The fraction of sp³-hybridized carbons (Fsp3) is 0.500. The fourth-order valence-electron chi connectivity index (χ4n) is 1.47. The zero-order chi connectivity index (χ0) is 11.4. The van der Waals surface area contributed by atoms with Crippen molar-refractivity contribution in [3.05, 3.63) is 30.4 Å². The van der Waals surface area contributed by atoms with Gasteiger partial charge >= 0.3 is 0 Å². The van der Waals surface area contributed by atoms with Crippen molar-refractivity contribution >= 4 is 0 Å². The van der Waals surface area contributed by atoms with E-state index < -0.39 is 0 Å². The van der Waals surface area contributed by atoms with Gasteiger partial charge in [0, 0.05) is 39.5 Å². The molecule has 6 nitrogen and oxygen atoms in total. The molecule has 2 rings (SSSR count). The Labute approximate surface area is 94.3 Å². The average Bonchev–Trinajstić information content (AvgIpc) is 2.83. The first kappa shape index (κ1) is 10.8. The lowest BCUT2D eigenvalue weighted by atomic mass is 10.4. The van der Waals surface area contributed by atoms with Crippen LogP contribution in [0.15, 0.2) is 18.7 Å². The largest absolute Gasteiger partial charge is 0.337 e. The second-order valence-corrected chi connectivity index (χ2v) is 3.72. The van der Waals surface area contributed by atoms with Crippen molar-refractivity contribution in [1.29, 1.82) is 0 Å².